The van der Waals surface area contributed by atoms with Crippen LogP contribution in [0.4, 0.5) is 0 Å². The van der Waals surface area contributed by atoms with Crippen LogP contribution in [0.3, 0.4) is 0 Å². The van der Waals surface area contributed by atoms with Crippen LogP contribution < -0.4 is 5.32 Å². The second kappa shape index (κ2) is 4.27. The van der Waals surface area contributed by atoms with Crippen LogP contribution in [0.2, 0.25) is 0 Å². The maximum Gasteiger partial charge on any atom is 0.217 e. The summed E-state index contributed by atoms with van der Waals surface area (Å²) < 4.78 is 26.7. The van der Waals surface area contributed by atoms with Crippen LogP contribution >= 0.6 is 0 Å². The van der Waals surface area contributed by atoms with Crippen LogP contribution in [0, 0.1) is 0 Å². The number of sulfonamides is 1. The maximum atomic E-state index is 12.5. The third kappa shape index (κ3) is 2.13. The molecule has 0 aromatic heterocycles. The van der Waals surface area contributed by atoms with Gasteiger partial charge in [0.2, 0.25) is 10.0 Å². The Labute approximate surface area is 98.4 Å². The fraction of sp³-hybridized carbons (Fsp3) is 1.00. The molecule has 0 aromatic rings. The second-order valence-electron chi connectivity index (χ2n) is 5.51. The van der Waals surface area contributed by atoms with Gasteiger partial charge in [-0.15, -0.1) is 0 Å². The van der Waals surface area contributed by atoms with Gasteiger partial charge in [0, 0.05) is 25.2 Å². The van der Waals surface area contributed by atoms with Crippen LogP contribution in [0.15, 0.2) is 0 Å². The number of rotatable bonds is 2. The van der Waals surface area contributed by atoms with Crippen LogP contribution in [0.5, 0.6) is 0 Å². The maximum absolute atomic E-state index is 12.5. The molecule has 1 aliphatic carbocycles. The average molecular weight is 246 g/mol. The van der Waals surface area contributed by atoms with Gasteiger partial charge < -0.3 is 5.32 Å². The monoisotopic (exact) mass is 246 g/mol. The molecule has 5 heteroatoms. The van der Waals surface area contributed by atoms with Gasteiger partial charge in [-0.05, 0) is 26.7 Å². The molecule has 1 heterocycles. The lowest BCUT2D eigenvalue weighted by atomic mass is 10.0. The number of nitrogens with zero attached hydrogens (tertiary/aromatic N) is 1. The molecule has 0 spiro atoms. The van der Waals surface area contributed by atoms with E-state index in [1.165, 1.54) is 0 Å². The Morgan fingerprint density at radius 3 is 2.44 bits per heavy atom. The Balaban J connectivity index is 2.21. The predicted octanol–water partition coefficient (Wildman–Crippen LogP) is 0.943. The van der Waals surface area contributed by atoms with Gasteiger partial charge in [0.25, 0.3) is 0 Å². The van der Waals surface area contributed by atoms with Crippen molar-refractivity contribution in [1.82, 2.24) is 9.62 Å². The molecule has 1 N–H and O–H groups in total. The Bertz CT molecular complexity index is 345. The molecule has 1 aliphatic heterocycles. The second-order valence-corrected chi connectivity index (χ2v) is 7.65. The SMILES string of the molecule is CC1(C)CNCCN1S(=O)(=O)C1CCCC1. The van der Waals surface area contributed by atoms with E-state index in [2.05, 4.69) is 5.32 Å². The van der Waals surface area contributed by atoms with E-state index in [9.17, 15) is 8.42 Å². The van der Waals surface area contributed by atoms with Gasteiger partial charge >= 0.3 is 0 Å². The zero-order chi connectivity index (χ0) is 11.8. The minimum atomic E-state index is -3.08. The molecule has 0 bridgehead atoms. The first-order valence-electron chi connectivity index (χ1n) is 6.17. The van der Waals surface area contributed by atoms with E-state index in [1.807, 2.05) is 13.8 Å². The van der Waals surface area contributed by atoms with Crippen molar-refractivity contribution < 1.29 is 8.42 Å². The van der Waals surface area contributed by atoms with E-state index in [4.69, 9.17) is 0 Å². The lowest BCUT2D eigenvalue weighted by Crippen LogP contribution is -2.61. The molecule has 1 saturated heterocycles. The summed E-state index contributed by atoms with van der Waals surface area (Å²) in [6, 6.07) is 0. The quantitative estimate of drug-likeness (QED) is 0.789. The molecule has 2 rings (SSSR count). The van der Waals surface area contributed by atoms with Crippen molar-refractivity contribution in [3.05, 3.63) is 0 Å². The van der Waals surface area contributed by atoms with E-state index >= 15 is 0 Å². The molecule has 2 fully saturated rings. The van der Waals surface area contributed by atoms with Crippen LogP contribution in [-0.2, 0) is 10.0 Å². The van der Waals surface area contributed by atoms with Crippen molar-refractivity contribution in [2.24, 2.45) is 0 Å². The molecule has 0 radical (unpaired) electrons. The molecule has 2 aliphatic rings. The fourth-order valence-corrected chi connectivity index (χ4v) is 5.19. The summed E-state index contributed by atoms with van der Waals surface area (Å²) in [5, 5.41) is 3.14. The third-order valence-corrected chi connectivity index (χ3v) is 6.36. The Hall–Kier alpha value is -0.130. The molecule has 1 saturated carbocycles. The van der Waals surface area contributed by atoms with E-state index in [0.29, 0.717) is 6.54 Å². The van der Waals surface area contributed by atoms with Crippen LogP contribution in [0.1, 0.15) is 39.5 Å². The standard InChI is InChI=1S/C11H22N2O2S/c1-11(2)9-12-7-8-13(11)16(14,15)10-5-3-4-6-10/h10,12H,3-9H2,1-2H3. The molecule has 0 unspecified atom stereocenters. The number of hydrogen-bond acceptors (Lipinski definition) is 3. The summed E-state index contributed by atoms with van der Waals surface area (Å²) >= 11 is 0. The van der Waals surface area contributed by atoms with Gasteiger partial charge in [0.15, 0.2) is 0 Å². The van der Waals surface area contributed by atoms with Crippen molar-refractivity contribution >= 4 is 10.0 Å². The summed E-state index contributed by atoms with van der Waals surface area (Å²) in [7, 11) is -3.08. The molecule has 0 amide bonds. The molecule has 0 atom stereocenters. The number of hydrogen-bond donors (Lipinski definition) is 1. The highest BCUT2D eigenvalue weighted by Crippen LogP contribution is 2.31. The van der Waals surface area contributed by atoms with Crippen molar-refractivity contribution in [3.63, 3.8) is 0 Å². The normalized spacial score (nSPS) is 28.4. The fourth-order valence-electron chi connectivity index (χ4n) is 2.80. The lowest BCUT2D eigenvalue weighted by Gasteiger charge is -2.42. The molecule has 4 nitrogen and oxygen atoms in total. The van der Waals surface area contributed by atoms with Gasteiger partial charge in [0.05, 0.1) is 5.25 Å². The van der Waals surface area contributed by atoms with E-state index in [1.54, 1.807) is 4.31 Å². The smallest absolute Gasteiger partial charge is 0.217 e. The largest absolute Gasteiger partial charge is 0.314 e. The molecular formula is C11H22N2O2S. The van der Waals surface area contributed by atoms with E-state index < -0.39 is 10.0 Å². The minimum Gasteiger partial charge on any atom is -0.314 e. The molecular weight excluding hydrogens is 224 g/mol. The average Bonchev–Trinajstić information content (AvgIpc) is 2.69. The highest BCUT2D eigenvalue weighted by atomic mass is 32.2. The topological polar surface area (TPSA) is 49.4 Å². The zero-order valence-electron chi connectivity index (χ0n) is 10.2. The van der Waals surface area contributed by atoms with E-state index in [0.717, 1.165) is 38.8 Å². The first-order chi connectivity index (χ1) is 7.44. The first-order valence-corrected chi connectivity index (χ1v) is 7.67. The first kappa shape index (κ1) is 12.3. The number of nitrogens with one attached hydrogen (secondary N) is 1. The van der Waals surface area contributed by atoms with Gasteiger partial charge in [-0.1, -0.05) is 12.8 Å². The highest BCUT2D eigenvalue weighted by Gasteiger charge is 2.42. The predicted molar refractivity (Wildman–Crippen MR) is 64.8 cm³/mol. The number of piperazine rings is 1. The summed E-state index contributed by atoms with van der Waals surface area (Å²) in [6.45, 7) is 6.15. The van der Waals surface area contributed by atoms with Crippen molar-refractivity contribution in [3.8, 4) is 0 Å². The van der Waals surface area contributed by atoms with Crippen molar-refractivity contribution in [2.75, 3.05) is 19.6 Å². The van der Waals surface area contributed by atoms with Crippen molar-refractivity contribution in [2.45, 2.75) is 50.3 Å². The van der Waals surface area contributed by atoms with Gasteiger partial charge in [-0.2, -0.15) is 4.31 Å². The molecule has 0 aromatic carbocycles. The van der Waals surface area contributed by atoms with Gasteiger partial charge in [-0.25, -0.2) is 8.42 Å². The van der Waals surface area contributed by atoms with E-state index in [-0.39, 0.29) is 10.8 Å². The Morgan fingerprint density at radius 2 is 1.88 bits per heavy atom. The summed E-state index contributed by atoms with van der Waals surface area (Å²) in [4.78, 5) is 0. The highest BCUT2D eigenvalue weighted by molar-refractivity contribution is 7.89. The van der Waals surface area contributed by atoms with Crippen LogP contribution in [0.25, 0.3) is 0 Å². The summed E-state index contributed by atoms with van der Waals surface area (Å²) in [5.74, 6) is 0. The lowest BCUT2D eigenvalue weighted by molar-refractivity contribution is 0.184. The van der Waals surface area contributed by atoms with Gasteiger partial charge in [-0.3, -0.25) is 0 Å². The molecule has 16 heavy (non-hydrogen) atoms. The summed E-state index contributed by atoms with van der Waals surface area (Å²) in [6.07, 6.45) is 3.83. The van der Waals surface area contributed by atoms with Gasteiger partial charge in [0.1, 0.15) is 0 Å². The zero-order valence-corrected chi connectivity index (χ0v) is 11.0. The minimum absolute atomic E-state index is 0.120. The Kier molecular flexibility index (Phi) is 3.29. The van der Waals surface area contributed by atoms with Crippen LogP contribution in [-0.4, -0.2) is 43.1 Å². The van der Waals surface area contributed by atoms with Crippen molar-refractivity contribution in [1.29, 1.82) is 0 Å². The third-order valence-electron chi connectivity index (χ3n) is 3.76. The molecule has 94 valence electrons. The Morgan fingerprint density at radius 1 is 1.25 bits per heavy atom. The summed E-state index contributed by atoms with van der Waals surface area (Å²) in [5.41, 5.74) is -0.278.